The van der Waals surface area contributed by atoms with Crippen LogP contribution in [-0.4, -0.2) is 36.1 Å². The van der Waals surface area contributed by atoms with Crippen molar-refractivity contribution in [2.45, 2.75) is 38.1 Å². The van der Waals surface area contributed by atoms with Gasteiger partial charge in [-0.15, -0.1) is 11.8 Å². The molecule has 1 aliphatic rings. The molecule has 0 saturated carbocycles. The van der Waals surface area contributed by atoms with Crippen LogP contribution in [0.3, 0.4) is 0 Å². The molecule has 1 aromatic rings. The molecular formula is C16H22BrNO4S. The minimum Gasteiger partial charge on any atom is -0.490 e. The Bertz CT molecular complexity index is 555. The lowest BCUT2D eigenvalue weighted by Crippen LogP contribution is -2.33. The second kappa shape index (κ2) is 8.80. The van der Waals surface area contributed by atoms with E-state index in [4.69, 9.17) is 14.6 Å². The number of hydrogen-bond donors (Lipinski definition) is 2. The number of aliphatic carboxylic acids is 1. The maximum atomic E-state index is 11.1. The van der Waals surface area contributed by atoms with Crippen molar-refractivity contribution in [3.63, 3.8) is 0 Å². The van der Waals surface area contributed by atoms with Crippen LogP contribution in [0, 0.1) is 0 Å². The molecule has 0 spiro atoms. The van der Waals surface area contributed by atoms with Crippen molar-refractivity contribution in [1.82, 2.24) is 5.32 Å². The van der Waals surface area contributed by atoms with Crippen LogP contribution >= 0.6 is 27.7 Å². The third-order valence-corrected chi connectivity index (χ3v) is 5.32. The van der Waals surface area contributed by atoms with E-state index in [1.807, 2.05) is 19.1 Å². The number of halogens is 1. The molecule has 0 amide bonds. The second-order valence-corrected chi connectivity index (χ2v) is 7.23. The van der Waals surface area contributed by atoms with Crippen LogP contribution in [0.1, 0.15) is 37.6 Å². The van der Waals surface area contributed by atoms with Gasteiger partial charge < -0.3 is 14.6 Å². The van der Waals surface area contributed by atoms with Crippen LogP contribution in [0.2, 0.25) is 0 Å². The molecule has 7 heteroatoms. The fraction of sp³-hybridized carbons (Fsp3) is 0.562. The van der Waals surface area contributed by atoms with Crippen LogP contribution < -0.4 is 14.8 Å². The van der Waals surface area contributed by atoms with Crippen LogP contribution in [0.5, 0.6) is 11.5 Å². The van der Waals surface area contributed by atoms with E-state index in [-0.39, 0.29) is 5.37 Å². The van der Waals surface area contributed by atoms with Gasteiger partial charge in [-0.25, -0.2) is 0 Å². The first-order valence-corrected chi connectivity index (χ1v) is 9.60. The van der Waals surface area contributed by atoms with Crippen molar-refractivity contribution in [3.8, 4) is 11.5 Å². The number of carboxylic acid groups (broad SMARTS) is 1. The van der Waals surface area contributed by atoms with E-state index in [1.54, 1.807) is 11.8 Å². The quantitative estimate of drug-likeness (QED) is 0.643. The molecule has 0 aromatic heterocycles. The molecule has 1 aliphatic heterocycles. The average molecular weight is 404 g/mol. The first kappa shape index (κ1) is 18.4. The molecule has 2 atom stereocenters. The van der Waals surface area contributed by atoms with Crippen LogP contribution in [-0.2, 0) is 4.79 Å². The summed E-state index contributed by atoms with van der Waals surface area (Å²) in [5.74, 6) is 1.13. The van der Waals surface area contributed by atoms with Gasteiger partial charge in [0.1, 0.15) is 6.04 Å². The number of nitrogens with one attached hydrogen (secondary N) is 1. The summed E-state index contributed by atoms with van der Waals surface area (Å²) >= 11 is 5.14. The summed E-state index contributed by atoms with van der Waals surface area (Å²) in [6.45, 7) is 5.24. The lowest BCUT2D eigenvalue weighted by atomic mass is 10.2. The highest BCUT2D eigenvalue weighted by Crippen LogP contribution is 2.42. The van der Waals surface area contributed by atoms with Crippen molar-refractivity contribution in [1.29, 1.82) is 0 Å². The number of unbranched alkanes of at least 4 members (excludes halogenated alkanes) is 1. The number of hydrogen-bond acceptors (Lipinski definition) is 5. The average Bonchev–Trinajstić information content (AvgIpc) is 3.00. The van der Waals surface area contributed by atoms with E-state index in [1.165, 1.54) is 0 Å². The zero-order chi connectivity index (χ0) is 16.8. The summed E-state index contributed by atoms with van der Waals surface area (Å²) in [6.07, 6.45) is 2.05. The molecule has 0 radical (unpaired) electrons. The molecule has 2 rings (SSSR count). The van der Waals surface area contributed by atoms with E-state index >= 15 is 0 Å². The molecule has 2 N–H and O–H groups in total. The Hall–Kier alpha value is -0.920. The topological polar surface area (TPSA) is 67.8 Å². The summed E-state index contributed by atoms with van der Waals surface area (Å²) < 4.78 is 12.4. The number of rotatable bonds is 8. The molecule has 5 nitrogen and oxygen atoms in total. The van der Waals surface area contributed by atoms with Gasteiger partial charge in [-0.05, 0) is 47.0 Å². The number of thioether (sulfide) groups is 1. The van der Waals surface area contributed by atoms with E-state index in [9.17, 15) is 4.79 Å². The third kappa shape index (κ3) is 4.78. The minimum atomic E-state index is -0.816. The van der Waals surface area contributed by atoms with Gasteiger partial charge in [0.15, 0.2) is 11.5 Å². The van der Waals surface area contributed by atoms with Crippen molar-refractivity contribution in [2.24, 2.45) is 0 Å². The van der Waals surface area contributed by atoms with Gasteiger partial charge in [-0.3, -0.25) is 10.1 Å². The monoisotopic (exact) mass is 403 g/mol. The van der Waals surface area contributed by atoms with Gasteiger partial charge in [-0.2, -0.15) is 0 Å². The lowest BCUT2D eigenvalue weighted by molar-refractivity contribution is -0.138. The van der Waals surface area contributed by atoms with Gasteiger partial charge in [0.05, 0.1) is 23.1 Å². The highest BCUT2D eigenvalue weighted by molar-refractivity contribution is 9.10. The Balaban J connectivity index is 2.20. The van der Waals surface area contributed by atoms with Gasteiger partial charge in [0, 0.05) is 5.75 Å². The van der Waals surface area contributed by atoms with E-state index in [0.29, 0.717) is 30.5 Å². The number of ether oxygens (including phenoxy) is 2. The molecule has 128 valence electrons. The van der Waals surface area contributed by atoms with E-state index in [2.05, 4.69) is 28.2 Å². The molecule has 1 fully saturated rings. The van der Waals surface area contributed by atoms with Crippen LogP contribution in [0.4, 0.5) is 0 Å². The summed E-state index contributed by atoms with van der Waals surface area (Å²) in [7, 11) is 0. The summed E-state index contributed by atoms with van der Waals surface area (Å²) in [6, 6.07) is 3.39. The molecule has 1 aromatic carbocycles. The van der Waals surface area contributed by atoms with Crippen molar-refractivity contribution in [3.05, 3.63) is 22.2 Å². The fourth-order valence-electron chi connectivity index (χ4n) is 2.27. The normalized spacial score (nSPS) is 20.5. The highest BCUT2D eigenvalue weighted by Gasteiger charge is 2.31. The third-order valence-electron chi connectivity index (χ3n) is 3.46. The fourth-order valence-corrected chi connectivity index (χ4v) is 4.05. The zero-order valence-electron chi connectivity index (χ0n) is 13.3. The van der Waals surface area contributed by atoms with E-state index < -0.39 is 12.0 Å². The van der Waals surface area contributed by atoms with Gasteiger partial charge in [0.25, 0.3) is 0 Å². The summed E-state index contributed by atoms with van der Waals surface area (Å²) in [5, 5.41) is 12.2. The maximum Gasteiger partial charge on any atom is 0.321 e. The molecule has 1 heterocycles. The largest absolute Gasteiger partial charge is 0.490 e. The van der Waals surface area contributed by atoms with E-state index in [0.717, 1.165) is 22.9 Å². The molecule has 0 bridgehead atoms. The zero-order valence-corrected chi connectivity index (χ0v) is 15.7. The summed E-state index contributed by atoms with van der Waals surface area (Å²) in [5.41, 5.74) is 0.983. The van der Waals surface area contributed by atoms with Crippen LogP contribution in [0.15, 0.2) is 16.6 Å². The Labute approximate surface area is 149 Å². The number of benzene rings is 1. The smallest absolute Gasteiger partial charge is 0.321 e. The van der Waals surface area contributed by atoms with Gasteiger partial charge in [0.2, 0.25) is 0 Å². The second-order valence-electron chi connectivity index (χ2n) is 5.24. The lowest BCUT2D eigenvalue weighted by Gasteiger charge is -2.18. The number of carbonyl (C=O) groups is 1. The Morgan fingerprint density at radius 1 is 1.43 bits per heavy atom. The molecule has 2 unspecified atom stereocenters. The Kier molecular flexibility index (Phi) is 7.05. The highest BCUT2D eigenvalue weighted by atomic mass is 79.9. The molecule has 23 heavy (non-hydrogen) atoms. The standard InChI is InChI=1S/C16H22BrNO4S/c1-3-5-6-22-14-11(17)7-10(8-13(14)21-4-2)15-18-12(9-23-15)16(19)20/h7-8,12,15,18H,3-6,9H2,1-2H3,(H,19,20). The Morgan fingerprint density at radius 2 is 2.22 bits per heavy atom. The van der Waals surface area contributed by atoms with Crippen LogP contribution in [0.25, 0.3) is 0 Å². The first-order chi connectivity index (χ1) is 11.1. The van der Waals surface area contributed by atoms with Crippen molar-refractivity contribution >= 4 is 33.7 Å². The van der Waals surface area contributed by atoms with Gasteiger partial charge >= 0.3 is 5.97 Å². The maximum absolute atomic E-state index is 11.1. The van der Waals surface area contributed by atoms with Gasteiger partial charge in [-0.1, -0.05) is 13.3 Å². The molecule has 1 saturated heterocycles. The predicted molar refractivity (Wildman–Crippen MR) is 95.5 cm³/mol. The first-order valence-electron chi connectivity index (χ1n) is 7.76. The predicted octanol–water partition coefficient (Wildman–Crippen LogP) is 3.81. The minimum absolute atomic E-state index is 0.0590. The summed E-state index contributed by atoms with van der Waals surface area (Å²) in [4.78, 5) is 11.1. The van der Waals surface area contributed by atoms with Crippen molar-refractivity contribution in [2.75, 3.05) is 19.0 Å². The van der Waals surface area contributed by atoms with Crippen molar-refractivity contribution < 1.29 is 19.4 Å². The molecule has 0 aliphatic carbocycles. The number of carboxylic acids is 1. The molecular weight excluding hydrogens is 382 g/mol. The SMILES string of the molecule is CCCCOc1c(Br)cc(C2NC(C(=O)O)CS2)cc1OCC. The Morgan fingerprint density at radius 3 is 2.83 bits per heavy atom.